The van der Waals surface area contributed by atoms with E-state index in [1.165, 1.54) is 24.3 Å². The number of hydrogen-bond donors (Lipinski definition) is 0. The number of rotatable bonds is 6. The molecule has 0 aliphatic rings. The van der Waals surface area contributed by atoms with E-state index < -0.39 is 23.5 Å². The highest BCUT2D eigenvalue weighted by Gasteiger charge is 2.34. The molecular formula is C68H62F6N6. The molecular weight excluding hydrogens is 1010 g/mol. The molecule has 4 heterocycles. The first-order valence-corrected chi connectivity index (χ1v) is 26.8. The van der Waals surface area contributed by atoms with E-state index in [1.807, 2.05) is 75.9 Å². The Labute approximate surface area is 462 Å². The fraction of sp³-hybridized carbons (Fsp3) is 0.265. The molecule has 11 aromatic rings. The third-order valence-electron chi connectivity index (χ3n) is 15.3. The maximum Gasteiger partial charge on any atom is 0.416 e. The topological polar surface area (TPSA) is 61.4 Å². The van der Waals surface area contributed by atoms with E-state index in [2.05, 4.69) is 124 Å². The summed E-state index contributed by atoms with van der Waals surface area (Å²) in [5.74, 6) is 1.32. The van der Waals surface area contributed by atoms with E-state index in [4.69, 9.17) is 15.0 Å². The van der Waals surface area contributed by atoms with Gasteiger partial charge in [-0.1, -0.05) is 132 Å². The van der Waals surface area contributed by atoms with Crippen molar-refractivity contribution in [1.29, 1.82) is 0 Å². The minimum Gasteiger partial charge on any atom is -0.309 e. The average molecular weight is 1080 g/mol. The Bertz CT molecular complexity index is 4100. The number of hydrogen-bond acceptors (Lipinski definition) is 4. The lowest BCUT2D eigenvalue weighted by Crippen LogP contribution is -2.17. The number of nitrogens with zero attached hydrogens (tertiary/aromatic N) is 6. The predicted molar refractivity (Wildman–Crippen MR) is 313 cm³/mol. The Morgan fingerprint density at radius 1 is 0.325 bits per heavy atom. The zero-order valence-electron chi connectivity index (χ0n) is 47.0. The molecule has 0 saturated heterocycles. The van der Waals surface area contributed by atoms with E-state index >= 15 is 0 Å². The maximum absolute atomic E-state index is 14.5. The van der Waals surface area contributed by atoms with Gasteiger partial charge in [-0.2, -0.15) is 26.3 Å². The Kier molecular flexibility index (Phi) is 12.6. The SMILES string of the molecule is CC(C)(C)c1cc(-c2nc(-c3cc(C(C)(C)C)cc(C(C)(C)C)c3)nc(-c3ccc(-n4c5ccccc5c5cc(C(F)(F)F)ccc54)c(-c4ccncc4-n4c5ccccc5c5cc(C(F)(F)F)ccc54)c3)n2)cc(C(C)(C)C)c1. The molecule has 0 amide bonds. The summed E-state index contributed by atoms with van der Waals surface area (Å²) >= 11 is 0. The van der Waals surface area contributed by atoms with E-state index in [-0.39, 0.29) is 21.7 Å². The van der Waals surface area contributed by atoms with Crippen molar-refractivity contribution in [3.8, 4) is 56.7 Å². The van der Waals surface area contributed by atoms with Gasteiger partial charge in [-0.15, -0.1) is 0 Å². The van der Waals surface area contributed by atoms with Gasteiger partial charge in [0.1, 0.15) is 0 Å². The summed E-state index contributed by atoms with van der Waals surface area (Å²) in [5.41, 5.74) is 9.12. The predicted octanol–water partition coefficient (Wildman–Crippen LogP) is 19.4. The third-order valence-corrected chi connectivity index (χ3v) is 15.3. The highest BCUT2D eigenvalue weighted by molar-refractivity contribution is 6.12. The van der Waals surface area contributed by atoms with Gasteiger partial charge in [-0.05, 0) is 141 Å². The molecule has 0 aliphatic heterocycles. The van der Waals surface area contributed by atoms with Crippen LogP contribution in [-0.4, -0.2) is 29.1 Å². The Balaban J connectivity index is 1.25. The minimum atomic E-state index is -4.59. The molecule has 0 spiro atoms. The van der Waals surface area contributed by atoms with Crippen LogP contribution in [0.3, 0.4) is 0 Å². The normalized spacial score (nSPS) is 13.1. The van der Waals surface area contributed by atoms with Gasteiger partial charge in [-0.25, -0.2) is 15.0 Å². The number of benzene rings is 7. The van der Waals surface area contributed by atoms with Gasteiger partial charge in [0.2, 0.25) is 0 Å². The van der Waals surface area contributed by atoms with Crippen LogP contribution in [0.2, 0.25) is 0 Å². The third kappa shape index (κ3) is 9.81. The van der Waals surface area contributed by atoms with Crippen molar-refractivity contribution >= 4 is 43.6 Å². The van der Waals surface area contributed by atoms with Crippen LogP contribution in [0.5, 0.6) is 0 Å². The molecule has 12 heteroatoms. The smallest absolute Gasteiger partial charge is 0.309 e. The summed E-state index contributed by atoms with van der Waals surface area (Å²) in [6.07, 6.45) is -5.82. The largest absolute Gasteiger partial charge is 0.416 e. The molecule has 4 aromatic heterocycles. The van der Waals surface area contributed by atoms with Crippen LogP contribution < -0.4 is 0 Å². The molecule has 7 aromatic carbocycles. The fourth-order valence-corrected chi connectivity index (χ4v) is 10.7. The lowest BCUT2D eigenvalue weighted by molar-refractivity contribution is -0.138. The highest BCUT2D eigenvalue weighted by atomic mass is 19.4. The summed E-state index contributed by atoms with van der Waals surface area (Å²) in [4.78, 5) is 20.8. The molecule has 0 unspecified atom stereocenters. The van der Waals surface area contributed by atoms with Crippen LogP contribution in [-0.2, 0) is 34.0 Å². The standard InChI is InChI=1S/C68H62F6N6/c1-63(2,3)44-29-40(30-45(34-44)64(4,5)6)61-76-60(77-62(78-61)41-31-46(65(7,8)9)35-47(32-41)66(10,11)12)39-21-24-56(79-54-19-15-13-17-48(54)52-36-42(67(69,70)71)22-25-57(52)79)51(33-39)50-27-28-75-38-59(50)80-55-20-16-14-18-49(55)53-37-43(68(72,73)74)23-26-58(53)80/h13-38H,1-12H3. The molecule has 0 N–H and O–H groups in total. The van der Waals surface area contributed by atoms with Gasteiger partial charge in [0.25, 0.3) is 0 Å². The number of fused-ring (bicyclic) bond motifs is 6. The van der Waals surface area contributed by atoms with Gasteiger partial charge in [0.05, 0.1) is 50.8 Å². The summed E-state index contributed by atoms with van der Waals surface area (Å²) < 4.78 is 90.6. The first-order chi connectivity index (χ1) is 37.4. The molecule has 11 rings (SSSR count). The summed E-state index contributed by atoms with van der Waals surface area (Å²) in [5, 5.41) is 2.05. The van der Waals surface area contributed by atoms with Crippen LogP contribution in [0.25, 0.3) is 100 Å². The van der Waals surface area contributed by atoms with Crippen molar-refractivity contribution in [1.82, 2.24) is 29.1 Å². The maximum atomic E-state index is 14.5. The van der Waals surface area contributed by atoms with Crippen LogP contribution in [0, 0.1) is 0 Å². The van der Waals surface area contributed by atoms with Crippen LogP contribution >= 0.6 is 0 Å². The quantitative estimate of drug-likeness (QED) is 0.156. The van der Waals surface area contributed by atoms with Crippen molar-refractivity contribution in [2.45, 2.75) is 117 Å². The van der Waals surface area contributed by atoms with Crippen LogP contribution in [0.1, 0.15) is 116 Å². The molecule has 406 valence electrons. The van der Waals surface area contributed by atoms with Crippen LogP contribution in [0.4, 0.5) is 26.3 Å². The average Bonchev–Trinajstić information content (AvgIpc) is 3.99. The van der Waals surface area contributed by atoms with Crippen LogP contribution in [0.15, 0.2) is 158 Å². The molecule has 0 saturated carbocycles. The van der Waals surface area contributed by atoms with Gasteiger partial charge >= 0.3 is 12.4 Å². The number of para-hydroxylation sites is 2. The number of aromatic nitrogens is 6. The molecule has 0 bridgehead atoms. The Hall–Kier alpha value is -8.12. The van der Waals surface area contributed by atoms with E-state index in [1.54, 1.807) is 18.5 Å². The van der Waals surface area contributed by atoms with Crippen molar-refractivity contribution < 1.29 is 26.3 Å². The van der Waals surface area contributed by atoms with Crippen molar-refractivity contribution in [3.05, 3.63) is 191 Å². The summed E-state index contributed by atoms with van der Waals surface area (Å²) in [7, 11) is 0. The monoisotopic (exact) mass is 1080 g/mol. The van der Waals surface area contributed by atoms with Gasteiger partial charge < -0.3 is 9.13 Å². The molecule has 0 aliphatic carbocycles. The van der Waals surface area contributed by atoms with Crippen molar-refractivity contribution in [2.24, 2.45) is 0 Å². The van der Waals surface area contributed by atoms with E-state index in [0.29, 0.717) is 89.2 Å². The molecule has 0 fully saturated rings. The Morgan fingerprint density at radius 2 is 0.713 bits per heavy atom. The summed E-state index contributed by atoms with van der Waals surface area (Å²) in [6, 6.07) is 43.2. The Morgan fingerprint density at radius 3 is 1.12 bits per heavy atom. The number of alkyl halides is 6. The first-order valence-electron chi connectivity index (χ1n) is 26.8. The zero-order chi connectivity index (χ0) is 57.2. The van der Waals surface area contributed by atoms with Crippen molar-refractivity contribution in [2.75, 3.05) is 0 Å². The highest BCUT2D eigenvalue weighted by Crippen LogP contribution is 2.45. The zero-order valence-corrected chi connectivity index (χ0v) is 47.0. The molecule has 0 radical (unpaired) electrons. The second kappa shape index (κ2) is 18.7. The van der Waals surface area contributed by atoms with Crippen molar-refractivity contribution in [3.63, 3.8) is 0 Å². The molecule has 80 heavy (non-hydrogen) atoms. The van der Waals surface area contributed by atoms with E-state index in [0.717, 1.165) is 45.5 Å². The fourth-order valence-electron chi connectivity index (χ4n) is 10.7. The second-order valence-corrected chi connectivity index (χ2v) is 25.2. The lowest BCUT2D eigenvalue weighted by Gasteiger charge is -2.26. The lowest BCUT2D eigenvalue weighted by atomic mass is 9.79. The van der Waals surface area contributed by atoms with Gasteiger partial charge in [0.15, 0.2) is 17.5 Å². The summed E-state index contributed by atoms with van der Waals surface area (Å²) in [6.45, 7) is 26.3. The molecule has 6 nitrogen and oxygen atoms in total. The van der Waals surface area contributed by atoms with Gasteiger partial charge in [-0.3, -0.25) is 4.98 Å². The molecule has 0 atom stereocenters. The number of halogens is 6. The number of pyridine rings is 1. The second-order valence-electron chi connectivity index (χ2n) is 25.2. The first kappa shape index (κ1) is 53.9. The minimum absolute atomic E-state index is 0.220. The van der Waals surface area contributed by atoms with Gasteiger partial charge in [0, 0.05) is 55.6 Å². The van der Waals surface area contributed by atoms with E-state index in [9.17, 15) is 26.3 Å².